The molecule has 0 spiro atoms. The fourth-order valence-electron chi connectivity index (χ4n) is 8.00. The summed E-state index contributed by atoms with van der Waals surface area (Å²) in [6.45, 7) is 4.02. The summed E-state index contributed by atoms with van der Waals surface area (Å²) in [6.07, 6.45) is 3.36. The standard InChI is InChI=1S/C26H26O4/c1-4-12-24-20-18-11-6-5-8-15(18)13-19(20)21-22(27)26(24,30-3)23(24)25(21,28)16-9-7-10-17(14-16)29-2/h4-11,14,19-21,23,28H,1,12-13H2,2-3H3/t19-,20+,21+,23+,24-,25+,26-/m0/s1. The van der Waals surface area contributed by atoms with Crippen molar-refractivity contribution in [3.05, 3.63) is 77.9 Å². The first-order chi connectivity index (χ1) is 14.5. The Labute approximate surface area is 176 Å². The molecule has 0 radical (unpaired) electrons. The quantitative estimate of drug-likeness (QED) is 0.776. The minimum absolute atomic E-state index is 0.0630. The number of ether oxygens (including phenoxy) is 2. The average molecular weight is 402 g/mol. The summed E-state index contributed by atoms with van der Waals surface area (Å²) < 4.78 is 11.5. The van der Waals surface area contributed by atoms with Crippen molar-refractivity contribution >= 4 is 5.78 Å². The number of allylic oxidation sites excluding steroid dienone is 1. The number of methoxy groups -OCH3 is 2. The molecular formula is C26H26O4. The Kier molecular flexibility index (Phi) is 3.44. The number of aliphatic hydroxyl groups is 1. The molecule has 1 N–H and O–H groups in total. The van der Waals surface area contributed by atoms with Crippen LogP contribution in [0.5, 0.6) is 5.75 Å². The van der Waals surface area contributed by atoms with Crippen LogP contribution in [0.15, 0.2) is 61.2 Å². The lowest BCUT2D eigenvalue weighted by Crippen LogP contribution is -2.55. The van der Waals surface area contributed by atoms with Crippen molar-refractivity contribution in [3.8, 4) is 5.75 Å². The van der Waals surface area contributed by atoms with Gasteiger partial charge in [0.15, 0.2) is 5.78 Å². The zero-order valence-electron chi connectivity index (χ0n) is 17.3. The molecule has 4 nitrogen and oxygen atoms in total. The van der Waals surface area contributed by atoms with Crippen molar-refractivity contribution in [2.75, 3.05) is 14.2 Å². The summed E-state index contributed by atoms with van der Waals surface area (Å²) in [4.78, 5) is 13.9. The Morgan fingerprint density at radius 3 is 2.70 bits per heavy atom. The molecule has 2 bridgehead atoms. The molecule has 0 aliphatic heterocycles. The Morgan fingerprint density at radius 1 is 1.17 bits per heavy atom. The molecular weight excluding hydrogens is 376 g/mol. The molecule has 6 rings (SSSR count). The van der Waals surface area contributed by atoms with Crippen molar-refractivity contribution in [1.82, 2.24) is 0 Å². The third-order valence-electron chi connectivity index (χ3n) is 8.69. The molecule has 0 heterocycles. The molecule has 0 saturated heterocycles. The number of hydrogen-bond acceptors (Lipinski definition) is 4. The number of hydrogen-bond donors (Lipinski definition) is 1. The van der Waals surface area contributed by atoms with Crippen LogP contribution in [-0.2, 0) is 21.6 Å². The minimum atomic E-state index is -1.27. The first-order valence-electron chi connectivity index (χ1n) is 10.7. The van der Waals surface area contributed by atoms with E-state index in [1.807, 2.05) is 30.3 Å². The van der Waals surface area contributed by atoms with Crippen molar-refractivity contribution < 1.29 is 19.4 Å². The van der Waals surface area contributed by atoms with E-state index in [2.05, 4.69) is 30.8 Å². The molecule has 4 heteroatoms. The van der Waals surface area contributed by atoms with E-state index in [1.54, 1.807) is 14.2 Å². The minimum Gasteiger partial charge on any atom is -0.497 e. The molecule has 30 heavy (non-hydrogen) atoms. The van der Waals surface area contributed by atoms with Gasteiger partial charge >= 0.3 is 0 Å². The molecule has 3 saturated carbocycles. The number of fused-ring (bicyclic) bond motifs is 7. The zero-order chi connectivity index (χ0) is 20.9. The van der Waals surface area contributed by atoms with Gasteiger partial charge in [0.05, 0.1) is 13.0 Å². The second-order valence-electron chi connectivity index (χ2n) is 9.35. The normalized spacial score (nSPS) is 41.9. The van der Waals surface area contributed by atoms with Crippen LogP contribution in [0.2, 0.25) is 0 Å². The van der Waals surface area contributed by atoms with E-state index in [0.717, 1.165) is 12.0 Å². The van der Waals surface area contributed by atoms with E-state index in [0.29, 0.717) is 12.2 Å². The maximum Gasteiger partial charge on any atom is 0.172 e. The highest BCUT2D eigenvalue weighted by Crippen LogP contribution is 2.89. The highest BCUT2D eigenvalue weighted by Gasteiger charge is 2.98. The van der Waals surface area contributed by atoms with E-state index < -0.39 is 22.5 Å². The summed E-state index contributed by atoms with van der Waals surface area (Å²) in [5.41, 5.74) is 0.671. The monoisotopic (exact) mass is 402 g/mol. The number of Topliss-reactive ketones (excluding diaryl/α,β-unsaturated/α-hetero) is 1. The van der Waals surface area contributed by atoms with Crippen molar-refractivity contribution in [2.24, 2.45) is 23.2 Å². The van der Waals surface area contributed by atoms with Gasteiger partial charge in [-0.15, -0.1) is 6.58 Å². The van der Waals surface area contributed by atoms with E-state index in [9.17, 15) is 9.90 Å². The van der Waals surface area contributed by atoms with Crippen molar-refractivity contribution in [2.45, 2.75) is 30.0 Å². The molecule has 4 aliphatic rings. The van der Waals surface area contributed by atoms with Gasteiger partial charge < -0.3 is 14.6 Å². The van der Waals surface area contributed by atoms with Gasteiger partial charge in [-0.2, -0.15) is 0 Å². The Bertz CT molecular complexity index is 1090. The Hall–Kier alpha value is -2.43. The van der Waals surface area contributed by atoms with Gasteiger partial charge in [0.25, 0.3) is 0 Å². The second-order valence-corrected chi connectivity index (χ2v) is 9.35. The van der Waals surface area contributed by atoms with Crippen LogP contribution in [0.25, 0.3) is 0 Å². The molecule has 0 aromatic heterocycles. The summed E-state index contributed by atoms with van der Waals surface area (Å²) >= 11 is 0. The van der Waals surface area contributed by atoms with Crippen LogP contribution in [0.4, 0.5) is 0 Å². The first-order valence-corrected chi connectivity index (χ1v) is 10.7. The van der Waals surface area contributed by atoms with Gasteiger partial charge in [-0.05, 0) is 53.5 Å². The molecule has 0 amide bonds. The number of rotatable bonds is 5. The summed E-state index contributed by atoms with van der Waals surface area (Å²) in [6, 6.07) is 16.1. The van der Waals surface area contributed by atoms with Crippen LogP contribution >= 0.6 is 0 Å². The van der Waals surface area contributed by atoms with Crippen LogP contribution in [0.3, 0.4) is 0 Å². The molecule has 2 aromatic carbocycles. The van der Waals surface area contributed by atoms with Gasteiger partial charge in [0.1, 0.15) is 17.0 Å². The van der Waals surface area contributed by atoms with Crippen LogP contribution in [0, 0.1) is 23.2 Å². The highest BCUT2D eigenvalue weighted by atomic mass is 16.5. The maximum atomic E-state index is 13.9. The first kappa shape index (κ1) is 18.3. The maximum absolute atomic E-state index is 13.9. The van der Waals surface area contributed by atoms with Crippen molar-refractivity contribution in [1.29, 1.82) is 0 Å². The lowest BCUT2D eigenvalue weighted by molar-refractivity contribution is -0.158. The van der Waals surface area contributed by atoms with Gasteiger partial charge in [0, 0.05) is 18.4 Å². The number of carbonyl (C=O) groups excluding carboxylic acids is 1. The number of benzene rings is 2. The van der Waals surface area contributed by atoms with E-state index in [-0.39, 0.29) is 23.5 Å². The SMILES string of the molecule is C=CC[C@@]12[C@@H]3c4ccccc4C[C@@H]3[C@@H]3C(=O)[C@]1(OC)[C@H]2[C@@]3(O)c1cccc(OC)c1. The Balaban J connectivity index is 1.62. The lowest BCUT2D eigenvalue weighted by atomic mass is 9.54. The smallest absolute Gasteiger partial charge is 0.172 e. The van der Waals surface area contributed by atoms with Crippen LogP contribution < -0.4 is 4.74 Å². The predicted octanol–water partition coefficient (Wildman–Crippen LogP) is 3.63. The highest BCUT2D eigenvalue weighted by molar-refractivity contribution is 6.02. The summed E-state index contributed by atoms with van der Waals surface area (Å²) in [5, 5.41) is 12.4. The van der Waals surface area contributed by atoms with Gasteiger partial charge in [-0.3, -0.25) is 4.79 Å². The summed E-state index contributed by atoms with van der Waals surface area (Å²) in [5.74, 6) is 0.231. The molecule has 0 unspecified atom stereocenters. The number of ketones is 1. The topological polar surface area (TPSA) is 55.8 Å². The molecule has 3 fully saturated rings. The predicted molar refractivity (Wildman–Crippen MR) is 112 cm³/mol. The average Bonchev–Trinajstić information content (AvgIpc) is 3.10. The van der Waals surface area contributed by atoms with Gasteiger partial charge in [-0.1, -0.05) is 42.5 Å². The van der Waals surface area contributed by atoms with Crippen LogP contribution in [0.1, 0.15) is 29.0 Å². The molecule has 2 aromatic rings. The van der Waals surface area contributed by atoms with E-state index in [4.69, 9.17) is 9.47 Å². The second kappa shape index (κ2) is 5.63. The molecule has 7 atom stereocenters. The fourth-order valence-corrected chi connectivity index (χ4v) is 8.00. The third-order valence-corrected chi connectivity index (χ3v) is 8.69. The van der Waals surface area contributed by atoms with Crippen molar-refractivity contribution in [3.63, 3.8) is 0 Å². The van der Waals surface area contributed by atoms with E-state index in [1.165, 1.54) is 11.1 Å². The van der Waals surface area contributed by atoms with Gasteiger partial charge in [-0.25, -0.2) is 0 Å². The number of carbonyl (C=O) groups is 1. The van der Waals surface area contributed by atoms with E-state index >= 15 is 0 Å². The Morgan fingerprint density at radius 2 is 1.97 bits per heavy atom. The fraction of sp³-hybridized carbons (Fsp3) is 0.423. The lowest BCUT2D eigenvalue weighted by Gasteiger charge is -2.50. The zero-order valence-corrected chi connectivity index (χ0v) is 17.3. The third kappa shape index (κ3) is 1.66. The summed E-state index contributed by atoms with van der Waals surface area (Å²) in [7, 11) is 3.25. The largest absolute Gasteiger partial charge is 0.497 e. The molecule has 4 aliphatic carbocycles. The van der Waals surface area contributed by atoms with Crippen LogP contribution in [-0.4, -0.2) is 30.7 Å². The molecule has 154 valence electrons. The van der Waals surface area contributed by atoms with Gasteiger partial charge in [0.2, 0.25) is 0 Å².